The van der Waals surface area contributed by atoms with Crippen molar-refractivity contribution in [2.45, 2.75) is 13.0 Å². The van der Waals surface area contributed by atoms with Crippen LogP contribution < -0.4 is 80.4 Å². The van der Waals surface area contributed by atoms with E-state index in [9.17, 15) is 0 Å². The molecule has 5 nitrogen and oxygen atoms in total. The average molecular weight is 312 g/mol. The molecular weight excluding hydrogens is 285 g/mol. The molecule has 0 radical (unpaired) electrons. The Morgan fingerprint density at radius 1 is 0.947 bits per heavy atom. The molecule has 1 unspecified atom stereocenters. The summed E-state index contributed by atoms with van der Waals surface area (Å²) in [6, 6.07) is 0.162. The minimum absolute atomic E-state index is 0. The van der Waals surface area contributed by atoms with Crippen molar-refractivity contribution >= 4 is 8.25 Å². The predicted octanol–water partition coefficient (Wildman–Crippen LogP) is -5.39. The SMILES string of the molecule is C=C.C=C.C=C.C=C.CC(N)CN.O=[PH]([O-])[O-].[Na+].[Na+]. The Bertz CT molecular complexity index is 123. The van der Waals surface area contributed by atoms with Gasteiger partial charge in [0.1, 0.15) is 0 Å². The summed E-state index contributed by atoms with van der Waals surface area (Å²) in [6.07, 6.45) is 0. The van der Waals surface area contributed by atoms with Crippen LogP contribution in [0, 0.1) is 0 Å². The summed E-state index contributed by atoms with van der Waals surface area (Å²) >= 11 is 0. The minimum Gasteiger partial charge on any atom is -0.813 e. The molecule has 0 amide bonds. The first-order chi connectivity index (χ1) is 8.00. The van der Waals surface area contributed by atoms with Gasteiger partial charge in [-0.25, -0.2) is 0 Å². The van der Waals surface area contributed by atoms with Gasteiger partial charge in [0, 0.05) is 12.6 Å². The van der Waals surface area contributed by atoms with Crippen LogP contribution >= 0.6 is 8.25 Å². The average Bonchev–Trinajstić information content (AvgIpc) is 2.38. The topological polar surface area (TPSA) is 115 Å². The zero-order chi connectivity index (χ0) is 15.9. The first-order valence-corrected chi connectivity index (χ1v) is 5.56. The number of rotatable bonds is 1. The van der Waals surface area contributed by atoms with E-state index >= 15 is 0 Å². The van der Waals surface area contributed by atoms with Crippen LogP contribution in [0.1, 0.15) is 6.92 Å². The maximum Gasteiger partial charge on any atom is 1.00 e. The van der Waals surface area contributed by atoms with E-state index in [0.717, 1.165) is 0 Å². The molecule has 0 aliphatic carbocycles. The third-order valence-electron chi connectivity index (χ3n) is 0.372. The Morgan fingerprint density at radius 2 is 1.00 bits per heavy atom. The summed E-state index contributed by atoms with van der Waals surface area (Å²) in [7, 11) is -3.63. The van der Waals surface area contributed by atoms with Gasteiger partial charge in [-0.05, 0) is 6.92 Å². The van der Waals surface area contributed by atoms with Crippen molar-refractivity contribution < 1.29 is 73.5 Å². The summed E-state index contributed by atoms with van der Waals surface area (Å²) in [6.45, 7) is 26.5. The fourth-order valence-electron chi connectivity index (χ4n) is 0. The van der Waals surface area contributed by atoms with Crippen molar-refractivity contribution in [2.24, 2.45) is 11.5 Å². The second-order valence-electron chi connectivity index (χ2n) is 1.46. The van der Waals surface area contributed by atoms with E-state index in [4.69, 9.17) is 25.8 Å². The van der Waals surface area contributed by atoms with E-state index in [1.165, 1.54) is 0 Å². The van der Waals surface area contributed by atoms with E-state index in [1.54, 1.807) is 0 Å². The molecule has 0 aliphatic heterocycles. The molecule has 4 N–H and O–H groups in total. The Kier molecular flexibility index (Phi) is 253. The Hall–Kier alpha value is 1.03. The second-order valence-corrected chi connectivity index (χ2v) is 1.96. The summed E-state index contributed by atoms with van der Waals surface area (Å²) in [4.78, 5) is 17.0. The van der Waals surface area contributed by atoms with Crippen molar-refractivity contribution in [2.75, 3.05) is 6.54 Å². The van der Waals surface area contributed by atoms with Gasteiger partial charge in [-0.15, -0.1) is 52.6 Å². The third kappa shape index (κ3) is 601. The first-order valence-electron chi connectivity index (χ1n) is 4.34. The molecule has 19 heavy (non-hydrogen) atoms. The molecule has 0 saturated carbocycles. The third-order valence-corrected chi connectivity index (χ3v) is 0.372. The molecule has 1 atom stereocenters. The van der Waals surface area contributed by atoms with E-state index in [0.29, 0.717) is 6.54 Å². The van der Waals surface area contributed by atoms with Crippen LogP contribution in [-0.2, 0) is 4.57 Å². The fourth-order valence-corrected chi connectivity index (χ4v) is 0. The monoisotopic (exact) mass is 312 g/mol. The fraction of sp³-hybridized carbons (Fsp3) is 0.273. The smallest absolute Gasteiger partial charge is 0.813 e. The van der Waals surface area contributed by atoms with Gasteiger partial charge in [0.2, 0.25) is 0 Å². The van der Waals surface area contributed by atoms with Crippen molar-refractivity contribution in [3.8, 4) is 0 Å². The zero-order valence-corrected chi connectivity index (χ0v) is 17.8. The Balaban J connectivity index is -0.0000000132. The van der Waals surface area contributed by atoms with Gasteiger partial charge in [0.15, 0.2) is 0 Å². The normalized spacial score (nSPS) is 6.63. The molecule has 8 heteroatoms. The Labute approximate surface area is 164 Å². The molecule has 0 aliphatic rings. The van der Waals surface area contributed by atoms with Crippen molar-refractivity contribution in [3.63, 3.8) is 0 Å². The predicted molar refractivity (Wildman–Crippen MR) is 76.7 cm³/mol. The number of nitrogens with two attached hydrogens (primary N) is 2. The molecule has 0 aromatic rings. The molecule has 0 aromatic heterocycles. The van der Waals surface area contributed by atoms with Gasteiger partial charge in [-0.3, -0.25) is 0 Å². The van der Waals surface area contributed by atoms with Crippen LogP contribution in [0.15, 0.2) is 52.6 Å². The summed E-state index contributed by atoms with van der Waals surface area (Å²) in [5.41, 5.74) is 10.2. The zero-order valence-electron chi connectivity index (χ0n) is 12.8. The van der Waals surface area contributed by atoms with Crippen LogP contribution in [0.5, 0.6) is 0 Å². The van der Waals surface area contributed by atoms with Crippen molar-refractivity contribution in [1.82, 2.24) is 0 Å². The molecule has 0 aromatic carbocycles. The van der Waals surface area contributed by atoms with E-state index in [1.807, 2.05) is 6.92 Å². The van der Waals surface area contributed by atoms with Gasteiger partial charge in [-0.2, -0.15) is 0 Å². The molecule has 106 valence electrons. The number of hydrogen-bond acceptors (Lipinski definition) is 5. The van der Waals surface area contributed by atoms with Gasteiger partial charge in [0.25, 0.3) is 0 Å². The van der Waals surface area contributed by atoms with E-state index < -0.39 is 8.25 Å². The van der Waals surface area contributed by atoms with Crippen LogP contribution in [0.3, 0.4) is 0 Å². The van der Waals surface area contributed by atoms with Gasteiger partial charge >= 0.3 is 59.1 Å². The van der Waals surface area contributed by atoms with Crippen molar-refractivity contribution in [1.29, 1.82) is 0 Å². The quantitative estimate of drug-likeness (QED) is 0.285. The standard InChI is InChI=1S/C3H10N2.4C2H4.2Na.H3O3P/c1-3(5)2-4;4*1-2;;;1-4(2)3/h3H,2,4-5H2,1H3;4*1-2H2;;;4H,(H2,1,2,3)/q;;;;;2*+1;/p-2. The molecule has 0 rings (SSSR count). The van der Waals surface area contributed by atoms with Gasteiger partial charge in [-0.1, -0.05) is 8.25 Å². The van der Waals surface area contributed by atoms with Crippen LogP contribution in [0.4, 0.5) is 0 Å². The summed E-state index contributed by atoms with van der Waals surface area (Å²) in [5.74, 6) is 0. The summed E-state index contributed by atoms with van der Waals surface area (Å²) in [5, 5.41) is 0. The van der Waals surface area contributed by atoms with Gasteiger partial charge < -0.3 is 25.8 Å². The van der Waals surface area contributed by atoms with Crippen LogP contribution in [0.25, 0.3) is 0 Å². The number of hydrogen-bond donors (Lipinski definition) is 2. The maximum absolute atomic E-state index is 8.52. The molecule has 0 heterocycles. The largest absolute Gasteiger partial charge is 1.00 e. The Morgan fingerprint density at radius 3 is 1.00 bits per heavy atom. The maximum atomic E-state index is 8.52. The minimum atomic E-state index is -3.63. The molecule has 0 fully saturated rings. The van der Waals surface area contributed by atoms with E-state index in [2.05, 4.69) is 52.6 Å². The van der Waals surface area contributed by atoms with Gasteiger partial charge in [0.05, 0.1) is 0 Å². The van der Waals surface area contributed by atoms with E-state index in [-0.39, 0.29) is 65.2 Å². The van der Waals surface area contributed by atoms with Crippen LogP contribution in [-0.4, -0.2) is 12.6 Å². The second kappa shape index (κ2) is 95.9. The van der Waals surface area contributed by atoms with Crippen LogP contribution in [0.2, 0.25) is 0 Å². The molecule has 0 bridgehead atoms. The molecular formula is C11H27N2Na2O3P. The molecule has 0 saturated heterocycles. The first kappa shape index (κ1) is 50.1. The summed E-state index contributed by atoms with van der Waals surface area (Å²) < 4.78 is 8.52. The molecule has 0 spiro atoms. The van der Waals surface area contributed by atoms with Crippen molar-refractivity contribution in [3.05, 3.63) is 52.6 Å².